The van der Waals surface area contributed by atoms with Crippen molar-refractivity contribution in [2.75, 3.05) is 20.0 Å². The summed E-state index contributed by atoms with van der Waals surface area (Å²) >= 11 is 0. The van der Waals surface area contributed by atoms with E-state index >= 15 is 0 Å². The largest absolute Gasteiger partial charge is 0.496 e. The van der Waals surface area contributed by atoms with Crippen molar-refractivity contribution in [3.63, 3.8) is 0 Å². The van der Waals surface area contributed by atoms with E-state index in [9.17, 15) is 0 Å². The molecule has 4 heteroatoms. The van der Waals surface area contributed by atoms with Gasteiger partial charge in [-0.05, 0) is 30.7 Å². The Kier molecular flexibility index (Phi) is 3.37. The normalized spacial score (nSPS) is 10.2. The highest BCUT2D eigenvalue weighted by Gasteiger charge is 2.17. The van der Waals surface area contributed by atoms with Crippen molar-refractivity contribution in [2.45, 2.75) is 6.92 Å². The Bertz CT molecular complexity index is 525. The van der Waals surface area contributed by atoms with Crippen molar-refractivity contribution >= 4 is 5.82 Å². The molecule has 2 N–H and O–H groups in total. The maximum absolute atomic E-state index is 5.98. The molecule has 2 rings (SSSR count). The summed E-state index contributed by atoms with van der Waals surface area (Å²) in [5, 5.41) is 0. The third kappa shape index (κ3) is 1.97. The Morgan fingerprint density at radius 3 is 2.11 bits per heavy atom. The molecule has 0 aliphatic carbocycles. The molecule has 4 nitrogen and oxygen atoms in total. The van der Waals surface area contributed by atoms with Gasteiger partial charge in [-0.15, -0.1) is 0 Å². The van der Waals surface area contributed by atoms with E-state index in [2.05, 4.69) is 4.98 Å². The third-order valence-corrected chi connectivity index (χ3v) is 2.87. The summed E-state index contributed by atoms with van der Waals surface area (Å²) < 4.78 is 10.8. The van der Waals surface area contributed by atoms with Gasteiger partial charge < -0.3 is 15.2 Å². The second-order valence-electron chi connectivity index (χ2n) is 3.93. The van der Waals surface area contributed by atoms with Crippen LogP contribution in [-0.2, 0) is 0 Å². The zero-order valence-electron chi connectivity index (χ0n) is 10.7. The molecule has 1 aromatic heterocycles. The van der Waals surface area contributed by atoms with Gasteiger partial charge >= 0.3 is 0 Å². The Hall–Kier alpha value is -2.23. The van der Waals surface area contributed by atoms with Crippen LogP contribution in [0.15, 0.2) is 30.5 Å². The van der Waals surface area contributed by atoms with E-state index in [1.54, 1.807) is 20.4 Å². The van der Waals surface area contributed by atoms with Crippen LogP contribution in [0.25, 0.3) is 11.1 Å². The van der Waals surface area contributed by atoms with Crippen LogP contribution in [-0.4, -0.2) is 19.2 Å². The highest BCUT2D eigenvalue weighted by Crippen LogP contribution is 2.41. The van der Waals surface area contributed by atoms with E-state index in [0.717, 1.165) is 28.2 Å². The van der Waals surface area contributed by atoms with Crippen LogP contribution in [0, 0.1) is 6.92 Å². The second-order valence-corrected chi connectivity index (χ2v) is 3.93. The van der Waals surface area contributed by atoms with Gasteiger partial charge in [0.05, 0.1) is 19.8 Å². The van der Waals surface area contributed by atoms with Crippen molar-refractivity contribution in [3.05, 3.63) is 36.0 Å². The minimum Gasteiger partial charge on any atom is -0.496 e. The molecular formula is C14H16N2O2. The summed E-state index contributed by atoms with van der Waals surface area (Å²) in [5.74, 6) is 1.91. The van der Waals surface area contributed by atoms with Gasteiger partial charge in [-0.3, -0.25) is 0 Å². The first kappa shape index (κ1) is 12.2. The van der Waals surface area contributed by atoms with Gasteiger partial charge in [0.1, 0.15) is 17.3 Å². The van der Waals surface area contributed by atoms with Gasteiger partial charge in [0, 0.05) is 11.8 Å². The van der Waals surface area contributed by atoms with E-state index in [1.165, 1.54) is 0 Å². The van der Waals surface area contributed by atoms with E-state index in [1.807, 2.05) is 31.2 Å². The molecular weight excluding hydrogens is 228 g/mol. The number of anilines is 1. The Morgan fingerprint density at radius 1 is 1.00 bits per heavy atom. The van der Waals surface area contributed by atoms with Crippen LogP contribution in [0.4, 0.5) is 5.82 Å². The Balaban J connectivity index is 2.77. The zero-order chi connectivity index (χ0) is 13.1. The molecule has 0 saturated heterocycles. The molecule has 94 valence electrons. The molecule has 0 saturated carbocycles. The van der Waals surface area contributed by atoms with Gasteiger partial charge in [-0.2, -0.15) is 0 Å². The number of hydrogen-bond acceptors (Lipinski definition) is 4. The average molecular weight is 244 g/mol. The van der Waals surface area contributed by atoms with Gasteiger partial charge in [0.15, 0.2) is 0 Å². The molecule has 0 atom stereocenters. The number of nitrogens with two attached hydrogens (primary N) is 1. The maximum atomic E-state index is 5.98. The summed E-state index contributed by atoms with van der Waals surface area (Å²) in [7, 11) is 3.25. The summed E-state index contributed by atoms with van der Waals surface area (Å²) in [6.07, 6.45) is 1.69. The number of benzene rings is 1. The van der Waals surface area contributed by atoms with Crippen LogP contribution < -0.4 is 15.2 Å². The fourth-order valence-corrected chi connectivity index (χ4v) is 2.00. The van der Waals surface area contributed by atoms with Crippen LogP contribution >= 0.6 is 0 Å². The molecule has 0 spiro atoms. The van der Waals surface area contributed by atoms with Crippen LogP contribution in [0.1, 0.15) is 5.56 Å². The van der Waals surface area contributed by atoms with E-state index in [4.69, 9.17) is 15.2 Å². The summed E-state index contributed by atoms with van der Waals surface area (Å²) in [6.45, 7) is 1.99. The first-order valence-electron chi connectivity index (χ1n) is 5.61. The quantitative estimate of drug-likeness (QED) is 0.901. The Morgan fingerprint density at radius 2 is 1.61 bits per heavy atom. The number of pyridine rings is 1. The lowest BCUT2D eigenvalue weighted by molar-refractivity contribution is 0.397. The second kappa shape index (κ2) is 4.96. The highest BCUT2D eigenvalue weighted by molar-refractivity contribution is 5.85. The lowest BCUT2D eigenvalue weighted by Gasteiger charge is -2.16. The zero-order valence-corrected chi connectivity index (χ0v) is 10.7. The number of methoxy groups -OCH3 is 2. The summed E-state index contributed by atoms with van der Waals surface area (Å²) in [4.78, 5) is 4.13. The van der Waals surface area contributed by atoms with E-state index < -0.39 is 0 Å². The van der Waals surface area contributed by atoms with E-state index in [0.29, 0.717) is 5.82 Å². The fraction of sp³-hybridized carbons (Fsp3) is 0.214. The van der Waals surface area contributed by atoms with Gasteiger partial charge in [0.2, 0.25) is 0 Å². The molecule has 0 aliphatic rings. The van der Waals surface area contributed by atoms with Crippen LogP contribution in [0.3, 0.4) is 0 Å². The SMILES string of the molecule is COc1cccc(OC)c1-c1c(C)ccnc1N. The highest BCUT2D eigenvalue weighted by atomic mass is 16.5. The molecule has 0 radical (unpaired) electrons. The first-order chi connectivity index (χ1) is 8.69. The van der Waals surface area contributed by atoms with E-state index in [-0.39, 0.29) is 0 Å². The predicted octanol–water partition coefficient (Wildman–Crippen LogP) is 2.66. The number of aromatic nitrogens is 1. The topological polar surface area (TPSA) is 57.4 Å². The minimum atomic E-state index is 0.470. The molecule has 1 aromatic carbocycles. The molecule has 0 fully saturated rings. The molecule has 0 bridgehead atoms. The monoisotopic (exact) mass is 244 g/mol. The van der Waals surface area contributed by atoms with Crippen molar-refractivity contribution in [2.24, 2.45) is 0 Å². The Labute approximate surface area is 106 Å². The van der Waals surface area contributed by atoms with Gasteiger partial charge in [-0.1, -0.05) is 6.07 Å². The van der Waals surface area contributed by atoms with Crippen molar-refractivity contribution in [3.8, 4) is 22.6 Å². The third-order valence-electron chi connectivity index (χ3n) is 2.87. The minimum absolute atomic E-state index is 0.470. The number of ether oxygens (including phenoxy) is 2. The molecule has 0 amide bonds. The summed E-state index contributed by atoms with van der Waals surface area (Å²) in [6, 6.07) is 7.55. The molecule has 1 heterocycles. The van der Waals surface area contributed by atoms with Gasteiger partial charge in [0.25, 0.3) is 0 Å². The lowest BCUT2D eigenvalue weighted by Crippen LogP contribution is -2.00. The number of aryl methyl sites for hydroxylation is 1. The average Bonchev–Trinajstić information content (AvgIpc) is 2.38. The number of hydrogen-bond donors (Lipinski definition) is 1. The molecule has 2 aromatic rings. The van der Waals surface area contributed by atoms with Crippen molar-refractivity contribution in [1.29, 1.82) is 0 Å². The van der Waals surface area contributed by atoms with Crippen LogP contribution in [0.5, 0.6) is 11.5 Å². The molecule has 0 aliphatic heterocycles. The smallest absolute Gasteiger partial charge is 0.131 e. The number of nitrogens with zero attached hydrogens (tertiary/aromatic N) is 1. The van der Waals surface area contributed by atoms with Crippen molar-refractivity contribution in [1.82, 2.24) is 4.98 Å². The first-order valence-corrected chi connectivity index (χ1v) is 5.61. The number of nitrogen functional groups attached to an aromatic ring is 1. The molecule has 0 unspecified atom stereocenters. The van der Waals surface area contributed by atoms with Crippen molar-refractivity contribution < 1.29 is 9.47 Å². The fourth-order valence-electron chi connectivity index (χ4n) is 2.00. The standard InChI is InChI=1S/C14H16N2O2/c1-9-7-8-16-14(15)12(9)13-10(17-2)5-4-6-11(13)18-3/h4-8H,1-3H3,(H2,15,16). The predicted molar refractivity (Wildman–Crippen MR) is 71.9 cm³/mol. The maximum Gasteiger partial charge on any atom is 0.131 e. The van der Waals surface area contributed by atoms with Gasteiger partial charge in [-0.25, -0.2) is 4.98 Å². The summed E-state index contributed by atoms with van der Waals surface area (Å²) in [5.41, 5.74) is 8.70. The number of rotatable bonds is 3. The lowest BCUT2D eigenvalue weighted by atomic mass is 9.99. The van der Waals surface area contributed by atoms with Crippen LogP contribution in [0.2, 0.25) is 0 Å². The molecule has 18 heavy (non-hydrogen) atoms.